The number of rotatable bonds is 20. The summed E-state index contributed by atoms with van der Waals surface area (Å²) in [6.45, 7) is 7.42. The van der Waals surface area contributed by atoms with Gasteiger partial charge < -0.3 is 38.3 Å². The van der Waals surface area contributed by atoms with Gasteiger partial charge in [0.15, 0.2) is 0 Å². The van der Waals surface area contributed by atoms with Gasteiger partial charge in [-0.3, -0.25) is 9.59 Å². The number of carboxylic acids is 2. The quantitative estimate of drug-likeness (QED) is 0.0766. The van der Waals surface area contributed by atoms with Crippen molar-refractivity contribution >= 4 is 23.3 Å². The number of para-hydroxylation sites is 2. The molecule has 2 aliphatic rings. The lowest BCUT2D eigenvalue weighted by Gasteiger charge is -2.32. The summed E-state index contributed by atoms with van der Waals surface area (Å²) in [4.78, 5) is 25.8. The molecule has 2 N–H and O–H groups in total. The maximum atomic E-state index is 11.0. The van der Waals surface area contributed by atoms with Gasteiger partial charge in [0.2, 0.25) is 0 Å². The molecule has 0 saturated heterocycles. The monoisotopic (exact) mass is 869 g/mol. The zero-order chi connectivity index (χ0) is 47.7. The lowest BCUT2D eigenvalue weighted by atomic mass is 9.73. The van der Waals surface area contributed by atoms with Crippen LogP contribution in [0, 0.1) is 23.7 Å². The van der Waals surface area contributed by atoms with E-state index in [4.69, 9.17) is 32.6 Å². The van der Waals surface area contributed by atoms with Crippen LogP contribution in [-0.2, 0) is 22.6 Å². The van der Waals surface area contributed by atoms with E-state index in [9.17, 15) is 9.59 Å². The fourth-order valence-corrected chi connectivity index (χ4v) is 8.25. The number of ether oxygens (including phenoxy) is 2. The first-order chi connectivity index (χ1) is 32.1. The Bertz CT molecular complexity index is 2490. The fourth-order valence-electron chi connectivity index (χ4n) is 8.25. The van der Waals surface area contributed by atoms with E-state index in [0.717, 1.165) is 71.0 Å². The van der Waals surface area contributed by atoms with E-state index >= 15 is 0 Å². The zero-order valence-corrected chi connectivity index (χ0v) is 37.2. The Labute approximate surface area is 381 Å². The summed E-state index contributed by atoms with van der Waals surface area (Å²) in [7, 11) is 0. The van der Waals surface area contributed by atoms with Crippen molar-refractivity contribution in [1.29, 1.82) is 0 Å². The number of benzene rings is 4. The molecular formula is C54H62N2O8. The SMILES string of the molecule is [2H]C(C)(C)N(Cc1ccccc1OCCC1CC(C(=O)O)C1)c1ccc(-c2ccco2)cc1.[2H]C([2H])(c1ccccc1OCCC1CC(C(=O)O)C1)N(c1ccc(-c2ccco2)cc1)C(C)C. The Balaban J connectivity index is 0.000000199. The summed E-state index contributed by atoms with van der Waals surface area (Å²) < 4.78 is 50.0. The van der Waals surface area contributed by atoms with Crippen molar-refractivity contribution in [3.63, 3.8) is 0 Å². The molecular weight excluding hydrogens is 805 g/mol. The van der Waals surface area contributed by atoms with Crippen LogP contribution in [0.15, 0.2) is 143 Å². The average molecular weight is 870 g/mol. The molecule has 2 saturated carbocycles. The second kappa shape index (κ2) is 21.8. The Hall–Kier alpha value is -6.42. The van der Waals surface area contributed by atoms with Crippen LogP contribution < -0.4 is 19.3 Å². The number of hydrogen-bond acceptors (Lipinski definition) is 8. The molecule has 336 valence electrons. The minimum atomic E-state index is -1.82. The summed E-state index contributed by atoms with van der Waals surface area (Å²) in [6, 6.07) is 37.5. The molecule has 2 fully saturated rings. The molecule has 4 aromatic carbocycles. The van der Waals surface area contributed by atoms with Crippen LogP contribution in [0.3, 0.4) is 0 Å². The minimum absolute atomic E-state index is 0.111. The number of nitrogens with zero attached hydrogens (tertiary/aromatic N) is 2. The highest BCUT2D eigenvalue weighted by atomic mass is 16.5. The normalized spacial score (nSPS) is 18.8. The summed E-state index contributed by atoms with van der Waals surface area (Å²) in [5, 5.41) is 18.1. The predicted octanol–water partition coefficient (Wildman–Crippen LogP) is 12.5. The van der Waals surface area contributed by atoms with Crippen molar-refractivity contribution in [1.82, 2.24) is 0 Å². The van der Waals surface area contributed by atoms with Crippen molar-refractivity contribution in [2.75, 3.05) is 23.0 Å². The number of aliphatic carboxylic acids is 2. The molecule has 2 heterocycles. The third-order valence-electron chi connectivity index (χ3n) is 12.2. The van der Waals surface area contributed by atoms with Crippen molar-refractivity contribution in [3.05, 3.63) is 145 Å². The van der Waals surface area contributed by atoms with Crippen LogP contribution in [0.4, 0.5) is 11.4 Å². The third kappa shape index (κ3) is 12.0. The van der Waals surface area contributed by atoms with Gasteiger partial charge in [-0.1, -0.05) is 36.4 Å². The van der Waals surface area contributed by atoms with Crippen LogP contribution in [0.2, 0.25) is 0 Å². The molecule has 0 bridgehead atoms. The average Bonchev–Trinajstić information content (AvgIpc) is 4.01. The lowest BCUT2D eigenvalue weighted by molar-refractivity contribution is -0.147. The molecule has 64 heavy (non-hydrogen) atoms. The van der Waals surface area contributed by atoms with Gasteiger partial charge >= 0.3 is 11.9 Å². The van der Waals surface area contributed by atoms with Crippen LogP contribution >= 0.6 is 0 Å². The molecule has 0 amide bonds. The largest absolute Gasteiger partial charge is 0.493 e. The first-order valence-electron chi connectivity index (χ1n) is 23.8. The highest BCUT2D eigenvalue weighted by Crippen LogP contribution is 2.38. The van der Waals surface area contributed by atoms with Gasteiger partial charge in [0, 0.05) is 58.7 Å². The van der Waals surface area contributed by atoms with Gasteiger partial charge in [-0.15, -0.1) is 0 Å². The fraction of sp³-hybridized carbons (Fsp3) is 0.370. The summed E-state index contributed by atoms with van der Waals surface area (Å²) in [5.74, 6) is 1.87. The van der Waals surface area contributed by atoms with Gasteiger partial charge in [0.1, 0.15) is 23.0 Å². The van der Waals surface area contributed by atoms with E-state index in [0.29, 0.717) is 55.7 Å². The molecule has 0 radical (unpaired) electrons. The van der Waals surface area contributed by atoms with E-state index in [2.05, 4.69) is 0 Å². The Morgan fingerprint density at radius 3 is 1.48 bits per heavy atom. The van der Waals surface area contributed by atoms with Gasteiger partial charge in [-0.2, -0.15) is 0 Å². The van der Waals surface area contributed by atoms with Crippen molar-refractivity contribution in [3.8, 4) is 34.1 Å². The smallest absolute Gasteiger partial charge is 0.306 e. The minimum Gasteiger partial charge on any atom is -0.493 e. The Morgan fingerprint density at radius 2 is 1.06 bits per heavy atom. The number of furan rings is 2. The molecule has 6 aromatic rings. The molecule has 8 rings (SSSR count). The highest BCUT2D eigenvalue weighted by Gasteiger charge is 2.35. The molecule has 2 aromatic heterocycles. The van der Waals surface area contributed by atoms with E-state index < -0.39 is 24.5 Å². The summed E-state index contributed by atoms with van der Waals surface area (Å²) >= 11 is 0. The number of carboxylic acid groups (broad SMARTS) is 2. The van der Waals surface area contributed by atoms with Crippen LogP contribution in [0.25, 0.3) is 22.6 Å². The number of carbonyl (C=O) groups is 2. The molecule has 10 nitrogen and oxygen atoms in total. The van der Waals surface area contributed by atoms with Gasteiger partial charge in [-0.05, 0) is 163 Å². The van der Waals surface area contributed by atoms with E-state index in [1.165, 1.54) is 0 Å². The van der Waals surface area contributed by atoms with Crippen molar-refractivity contribution in [2.24, 2.45) is 23.7 Å². The number of anilines is 2. The van der Waals surface area contributed by atoms with E-state index in [1.807, 2.05) is 142 Å². The van der Waals surface area contributed by atoms with Crippen LogP contribution in [0.1, 0.15) is 81.5 Å². The first kappa shape index (κ1) is 41.6. The number of hydrogen-bond donors (Lipinski definition) is 2. The molecule has 0 unspecified atom stereocenters. The Kier molecular flexibility index (Phi) is 14.2. The molecule has 10 heteroatoms. The van der Waals surface area contributed by atoms with Crippen LogP contribution in [-0.4, -0.2) is 47.4 Å². The maximum Gasteiger partial charge on any atom is 0.306 e. The third-order valence-corrected chi connectivity index (χ3v) is 12.2. The molecule has 0 aliphatic heterocycles. The van der Waals surface area contributed by atoms with Gasteiger partial charge in [0.05, 0.1) is 41.7 Å². The Morgan fingerprint density at radius 1 is 0.625 bits per heavy atom. The van der Waals surface area contributed by atoms with E-state index in [1.54, 1.807) is 29.6 Å². The standard InChI is InChI=1S/2C27H31NO4/c2*1-19(2)28(24-11-9-21(10-12-24)25-8-5-14-31-25)18-22-6-3-4-7-26(22)32-15-13-20-16-23(17-20)27(29)30/h2*3-12,14,19-20,23H,13,15-18H2,1-2H3,(H,29,30)/i19D;18D2. The predicted molar refractivity (Wildman–Crippen MR) is 252 cm³/mol. The van der Waals surface area contributed by atoms with Crippen molar-refractivity contribution in [2.45, 2.75) is 91.3 Å². The highest BCUT2D eigenvalue weighted by molar-refractivity contribution is 5.71. The van der Waals surface area contributed by atoms with Gasteiger partial charge in [-0.25, -0.2) is 0 Å². The van der Waals surface area contributed by atoms with E-state index in [-0.39, 0.29) is 17.9 Å². The second-order valence-corrected chi connectivity index (χ2v) is 17.3. The van der Waals surface area contributed by atoms with Crippen molar-refractivity contribution < 1.29 is 42.2 Å². The molecule has 2 aliphatic carbocycles. The zero-order valence-electron chi connectivity index (χ0n) is 40.2. The summed E-state index contributed by atoms with van der Waals surface area (Å²) in [6.07, 6.45) is 7.80. The lowest BCUT2D eigenvalue weighted by Crippen LogP contribution is -2.31. The molecule has 0 spiro atoms. The van der Waals surface area contributed by atoms with Gasteiger partial charge in [0.25, 0.3) is 0 Å². The van der Waals surface area contributed by atoms with Crippen LogP contribution in [0.5, 0.6) is 11.5 Å². The first-order valence-corrected chi connectivity index (χ1v) is 22.3. The summed E-state index contributed by atoms with van der Waals surface area (Å²) in [5.41, 5.74) is 5.13. The maximum absolute atomic E-state index is 11.0. The topological polar surface area (TPSA) is 126 Å². The molecule has 0 atom stereocenters. The second-order valence-electron chi connectivity index (χ2n) is 17.3.